The fraction of sp³-hybridized carbons (Fsp3) is 1.00. The minimum atomic E-state index is 0.214. The van der Waals surface area contributed by atoms with Crippen molar-refractivity contribution in [1.82, 2.24) is 0 Å². The normalized spacial score (nSPS) is 56.8. The van der Waals surface area contributed by atoms with Crippen LogP contribution in [0.1, 0.15) is 59.8 Å². The fourth-order valence-corrected chi connectivity index (χ4v) is 4.79. The van der Waals surface area contributed by atoms with Crippen LogP contribution in [0.3, 0.4) is 0 Å². The quantitative estimate of drug-likeness (QED) is 0.589. The lowest BCUT2D eigenvalue weighted by molar-refractivity contribution is -0.143. The largest absolute Gasteiger partial charge is 0.369 e. The van der Waals surface area contributed by atoms with Crippen molar-refractivity contribution in [3.05, 3.63) is 0 Å². The van der Waals surface area contributed by atoms with E-state index in [4.69, 9.17) is 4.74 Å². The van der Waals surface area contributed by atoms with E-state index in [0.29, 0.717) is 5.41 Å². The summed E-state index contributed by atoms with van der Waals surface area (Å²) in [7, 11) is 0. The molecule has 3 fully saturated rings. The Morgan fingerprint density at radius 3 is 1.80 bits per heavy atom. The van der Waals surface area contributed by atoms with Crippen LogP contribution < -0.4 is 0 Å². The Morgan fingerprint density at radius 2 is 1.33 bits per heavy atom. The van der Waals surface area contributed by atoms with Crippen LogP contribution in [-0.2, 0) is 4.74 Å². The van der Waals surface area contributed by atoms with Crippen LogP contribution in [0.25, 0.3) is 0 Å². The van der Waals surface area contributed by atoms with Gasteiger partial charge in [0.15, 0.2) is 0 Å². The lowest BCUT2D eigenvalue weighted by Gasteiger charge is -2.40. The highest BCUT2D eigenvalue weighted by atomic mass is 16.5. The second-order valence-electron chi connectivity index (χ2n) is 7.37. The van der Waals surface area contributed by atoms with Gasteiger partial charge in [-0.1, -0.05) is 13.8 Å². The molecule has 1 heteroatoms. The molecule has 3 aliphatic rings. The molecular weight excluding hydrogens is 184 g/mol. The summed E-state index contributed by atoms with van der Waals surface area (Å²) in [4.78, 5) is 0. The Bertz CT molecular complexity index is 270. The van der Waals surface area contributed by atoms with Gasteiger partial charge in [-0.25, -0.2) is 0 Å². The Hall–Kier alpha value is -0.0400. The van der Waals surface area contributed by atoms with Crippen LogP contribution in [-0.4, -0.2) is 11.2 Å². The number of ether oxygens (including phenoxy) is 1. The maximum absolute atomic E-state index is 6.43. The predicted molar refractivity (Wildman–Crippen MR) is 61.7 cm³/mol. The van der Waals surface area contributed by atoms with Crippen molar-refractivity contribution in [3.63, 3.8) is 0 Å². The fourth-order valence-electron chi connectivity index (χ4n) is 4.79. The van der Waals surface area contributed by atoms with Gasteiger partial charge in [0, 0.05) is 0 Å². The first-order valence-electron chi connectivity index (χ1n) is 6.55. The summed E-state index contributed by atoms with van der Waals surface area (Å²) < 4.78 is 6.43. The summed E-state index contributed by atoms with van der Waals surface area (Å²) in [6.07, 6.45) is 6.72. The summed E-state index contributed by atoms with van der Waals surface area (Å²) in [5.74, 6) is 1.67. The molecule has 0 aromatic rings. The summed E-state index contributed by atoms with van der Waals surface area (Å²) in [6, 6.07) is 0. The number of rotatable bonds is 0. The van der Waals surface area contributed by atoms with Crippen LogP contribution in [0.5, 0.6) is 0 Å². The first-order valence-corrected chi connectivity index (χ1v) is 6.55. The summed E-state index contributed by atoms with van der Waals surface area (Å²) in [6.45, 7) is 9.62. The van der Waals surface area contributed by atoms with Crippen molar-refractivity contribution in [2.45, 2.75) is 71.0 Å². The molecule has 2 saturated heterocycles. The number of hydrogen-bond acceptors (Lipinski definition) is 1. The Morgan fingerprint density at radius 1 is 0.867 bits per heavy atom. The second kappa shape index (κ2) is 2.61. The van der Waals surface area contributed by atoms with Gasteiger partial charge in [0.2, 0.25) is 0 Å². The van der Waals surface area contributed by atoms with E-state index >= 15 is 0 Å². The SMILES string of the molecule is CC1(C)C[C@@H]2[C@H](C1)[C@]1(C)CCC[C@@]2(C)O1. The van der Waals surface area contributed by atoms with Crippen LogP contribution in [0, 0.1) is 17.3 Å². The molecule has 0 N–H and O–H groups in total. The maximum Gasteiger partial charge on any atom is 0.0694 e. The van der Waals surface area contributed by atoms with Gasteiger partial charge in [-0.15, -0.1) is 0 Å². The van der Waals surface area contributed by atoms with Gasteiger partial charge < -0.3 is 4.74 Å². The summed E-state index contributed by atoms with van der Waals surface area (Å²) >= 11 is 0. The zero-order valence-electron chi connectivity index (χ0n) is 10.6. The number of hydrogen-bond donors (Lipinski definition) is 0. The van der Waals surface area contributed by atoms with Crippen LogP contribution in [0.15, 0.2) is 0 Å². The van der Waals surface area contributed by atoms with Crippen molar-refractivity contribution in [2.24, 2.45) is 17.3 Å². The molecule has 86 valence electrons. The minimum Gasteiger partial charge on any atom is -0.369 e. The predicted octanol–water partition coefficient (Wildman–Crippen LogP) is 3.77. The molecule has 0 amide bonds. The monoisotopic (exact) mass is 208 g/mol. The third kappa shape index (κ3) is 1.25. The standard InChI is InChI=1S/C14H24O/c1-12(2)8-10-11(9-12)14(4)7-5-6-13(10,3)15-14/h10-11H,5-9H2,1-4H3/t10-,11+,13-,14+. The average molecular weight is 208 g/mol. The van der Waals surface area contributed by atoms with Crippen molar-refractivity contribution in [3.8, 4) is 0 Å². The topological polar surface area (TPSA) is 9.23 Å². The molecule has 2 heterocycles. The minimum absolute atomic E-state index is 0.214. The Kier molecular flexibility index (Phi) is 1.77. The molecule has 1 nitrogen and oxygen atoms in total. The molecule has 0 aromatic carbocycles. The van der Waals surface area contributed by atoms with E-state index in [2.05, 4.69) is 27.7 Å². The molecule has 4 atom stereocenters. The van der Waals surface area contributed by atoms with Crippen molar-refractivity contribution < 1.29 is 4.74 Å². The highest BCUT2D eigenvalue weighted by molar-refractivity contribution is 5.12. The Labute approximate surface area is 93.6 Å². The van der Waals surface area contributed by atoms with E-state index in [9.17, 15) is 0 Å². The molecular formula is C14H24O. The van der Waals surface area contributed by atoms with E-state index in [-0.39, 0.29) is 11.2 Å². The van der Waals surface area contributed by atoms with Gasteiger partial charge in [-0.2, -0.15) is 0 Å². The lowest BCUT2D eigenvalue weighted by atomic mass is 9.80. The molecule has 3 rings (SSSR count). The first-order chi connectivity index (χ1) is 6.85. The number of fused-ring (bicyclic) bond motifs is 5. The zero-order chi connectivity index (χ0) is 10.9. The van der Waals surface area contributed by atoms with Gasteiger partial charge in [0.1, 0.15) is 0 Å². The summed E-state index contributed by atoms with van der Waals surface area (Å²) in [5, 5.41) is 0. The molecule has 2 aliphatic heterocycles. The van der Waals surface area contributed by atoms with Gasteiger partial charge in [-0.05, 0) is 63.2 Å². The molecule has 0 unspecified atom stereocenters. The highest BCUT2D eigenvalue weighted by Crippen LogP contribution is 2.64. The van der Waals surface area contributed by atoms with Gasteiger partial charge in [0.05, 0.1) is 11.2 Å². The van der Waals surface area contributed by atoms with Crippen molar-refractivity contribution in [1.29, 1.82) is 0 Å². The van der Waals surface area contributed by atoms with Gasteiger partial charge in [0.25, 0.3) is 0 Å². The molecule has 1 saturated carbocycles. The molecule has 0 spiro atoms. The van der Waals surface area contributed by atoms with E-state index in [1.807, 2.05) is 0 Å². The first kappa shape index (κ1) is 10.1. The third-order valence-corrected chi connectivity index (χ3v) is 5.41. The van der Waals surface area contributed by atoms with Crippen molar-refractivity contribution >= 4 is 0 Å². The molecule has 1 aliphatic carbocycles. The third-order valence-electron chi connectivity index (χ3n) is 5.41. The molecule has 0 radical (unpaired) electrons. The molecule has 15 heavy (non-hydrogen) atoms. The average Bonchev–Trinajstić information content (AvgIpc) is 2.47. The van der Waals surface area contributed by atoms with E-state index in [1.54, 1.807) is 0 Å². The van der Waals surface area contributed by atoms with Gasteiger partial charge in [-0.3, -0.25) is 0 Å². The molecule has 0 aromatic heterocycles. The van der Waals surface area contributed by atoms with Crippen molar-refractivity contribution in [2.75, 3.05) is 0 Å². The zero-order valence-corrected chi connectivity index (χ0v) is 10.6. The van der Waals surface area contributed by atoms with E-state index in [0.717, 1.165) is 11.8 Å². The highest BCUT2D eigenvalue weighted by Gasteiger charge is 2.63. The second-order valence-corrected chi connectivity index (χ2v) is 7.37. The van der Waals surface area contributed by atoms with Crippen LogP contribution >= 0.6 is 0 Å². The van der Waals surface area contributed by atoms with Gasteiger partial charge >= 0.3 is 0 Å². The summed E-state index contributed by atoms with van der Waals surface area (Å²) in [5.41, 5.74) is 0.982. The smallest absolute Gasteiger partial charge is 0.0694 e. The van der Waals surface area contributed by atoms with E-state index in [1.165, 1.54) is 32.1 Å². The maximum atomic E-state index is 6.43. The Balaban J connectivity index is 1.99. The molecule has 2 bridgehead atoms. The van der Waals surface area contributed by atoms with E-state index < -0.39 is 0 Å². The van der Waals surface area contributed by atoms with Crippen LogP contribution in [0.4, 0.5) is 0 Å². The van der Waals surface area contributed by atoms with Crippen LogP contribution in [0.2, 0.25) is 0 Å². The lowest BCUT2D eigenvalue weighted by Crippen LogP contribution is -2.40.